The molecule has 0 spiro atoms. The van der Waals surface area contributed by atoms with E-state index in [2.05, 4.69) is 14.7 Å². The van der Waals surface area contributed by atoms with Gasteiger partial charge in [0.15, 0.2) is 0 Å². The van der Waals surface area contributed by atoms with Crippen molar-refractivity contribution in [2.24, 2.45) is 5.73 Å². The van der Waals surface area contributed by atoms with Gasteiger partial charge >= 0.3 is 6.36 Å². The molecule has 0 bridgehead atoms. The fourth-order valence-electron chi connectivity index (χ4n) is 1.52. The largest absolute Gasteiger partial charge is 0.573 e. The summed E-state index contributed by atoms with van der Waals surface area (Å²) in [6, 6.07) is 4.78. The van der Waals surface area contributed by atoms with Gasteiger partial charge in [-0.2, -0.15) is 0 Å². The molecule has 0 saturated heterocycles. The number of benzene rings is 1. The maximum Gasteiger partial charge on any atom is 0.573 e. The van der Waals surface area contributed by atoms with Gasteiger partial charge in [-0.3, -0.25) is 9.97 Å². The summed E-state index contributed by atoms with van der Waals surface area (Å²) in [7, 11) is 0. The second kappa shape index (κ2) is 5.23. The Morgan fingerprint density at radius 2 is 1.79 bits per heavy atom. The maximum atomic E-state index is 12.0. The molecule has 1 aromatic carbocycles. The van der Waals surface area contributed by atoms with E-state index in [1.54, 1.807) is 0 Å². The molecule has 0 amide bonds. The van der Waals surface area contributed by atoms with E-state index in [-0.39, 0.29) is 5.75 Å². The fourth-order valence-corrected chi connectivity index (χ4v) is 1.52. The van der Waals surface area contributed by atoms with Crippen molar-refractivity contribution in [2.45, 2.75) is 12.4 Å². The van der Waals surface area contributed by atoms with Gasteiger partial charge in [0, 0.05) is 12.4 Å². The quantitative estimate of drug-likeness (QED) is 0.929. The highest BCUT2D eigenvalue weighted by molar-refractivity contribution is 5.32. The van der Waals surface area contributed by atoms with E-state index in [1.807, 2.05) is 0 Å². The van der Waals surface area contributed by atoms with E-state index in [0.717, 1.165) is 0 Å². The van der Waals surface area contributed by atoms with E-state index in [1.165, 1.54) is 42.9 Å². The summed E-state index contributed by atoms with van der Waals surface area (Å²) in [5.41, 5.74) is 7.08. The Morgan fingerprint density at radius 3 is 2.32 bits per heavy atom. The molecule has 2 aromatic rings. The number of ether oxygens (including phenoxy) is 1. The van der Waals surface area contributed by atoms with Gasteiger partial charge in [-0.25, -0.2) is 0 Å². The highest BCUT2D eigenvalue weighted by Gasteiger charge is 2.31. The van der Waals surface area contributed by atoms with Crippen molar-refractivity contribution in [3.63, 3.8) is 0 Å². The molecule has 0 fully saturated rings. The zero-order chi connectivity index (χ0) is 13.9. The van der Waals surface area contributed by atoms with Crippen LogP contribution < -0.4 is 10.5 Å². The van der Waals surface area contributed by atoms with E-state index < -0.39 is 12.4 Å². The molecule has 1 unspecified atom stereocenters. The van der Waals surface area contributed by atoms with Gasteiger partial charge in [-0.1, -0.05) is 12.1 Å². The Labute approximate surface area is 107 Å². The van der Waals surface area contributed by atoms with Gasteiger partial charge in [-0.05, 0) is 17.7 Å². The lowest BCUT2D eigenvalue weighted by Gasteiger charge is -2.12. The number of hydrogen-bond acceptors (Lipinski definition) is 4. The van der Waals surface area contributed by atoms with Gasteiger partial charge in [0.2, 0.25) is 0 Å². The van der Waals surface area contributed by atoms with Gasteiger partial charge in [0.05, 0.1) is 17.9 Å². The van der Waals surface area contributed by atoms with Crippen molar-refractivity contribution in [1.82, 2.24) is 9.97 Å². The van der Waals surface area contributed by atoms with Crippen LogP contribution in [-0.4, -0.2) is 16.3 Å². The molecular formula is C12H10F3N3O. The van der Waals surface area contributed by atoms with Crippen LogP contribution in [0.4, 0.5) is 13.2 Å². The third kappa shape index (κ3) is 3.65. The van der Waals surface area contributed by atoms with Crippen molar-refractivity contribution in [3.8, 4) is 5.75 Å². The Morgan fingerprint density at radius 1 is 1.11 bits per heavy atom. The third-order valence-electron chi connectivity index (χ3n) is 2.37. The zero-order valence-corrected chi connectivity index (χ0v) is 9.63. The summed E-state index contributed by atoms with van der Waals surface area (Å²) < 4.78 is 39.8. The molecule has 0 saturated carbocycles. The molecule has 0 radical (unpaired) electrons. The average molecular weight is 269 g/mol. The normalized spacial score (nSPS) is 13.1. The van der Waals surface area contributed by atoms with Crippen LogP contribution in [0.5, 0.6) is 5.75 Å². The minimum atomic E-state index is -4.70. The first kappa shape index (κ1) is 13.3. The topological polar surface area (TPSA) is 61.0 Å². The van der Waals surface area contributed by atoms with Crippen molar-refractivity contribution < 1.29 is 17.9 Å². The Kier molecular flexibility index (Phi) is 3.66. The first-order valence-corrected chi connectivity index (χ1v) is 5.33. The monoisotopic (exact) mass is 269 g/mol. The minimum Gasteiger partial charge on any atom is -0.406 e. The van der Waals surface area contributed by atoms with E-state index in [0.29, 0.717) is 11.3 Å². The van der Waals surface area contributed by atoms with Crippen molar-refractivity contribution in [1.29, 1.82) is 0 Å². The van der Waals surface area contributed by atoms with Gasteiger partial charge in [0.1, 0.15) is 5.75 Å². The zero-order valence-electron chi connectivity index (χ0n) is 9.63. The average Bonchev–Trinajstić information content (AvgIpc) is 2.38. The summed E-state index contributed by atoms with van der Waals surface area (Å²) in [6.07, 6.45) is -0.188. The van der Waals surface area contributed by atoms with Crippen LogP contribution in [0.3, 0.4) is 0 Å². The molecule has 100 valence electrons. The van der Waals surface area contributed by atoms with Gasteiger partial charge in [-0.15, -0.1) is 13.2 Å². The van der Waals surface area contributed by atoms with Gasteiger partial charge < -0.3 is 10.5 Å². The summed E-state index contributed by atoms with van der Waals surface area (Å²) in [6.45, 7) is 0. The predicted molar refractivity (Wildman–Crippen MR) is 61.2 cm³/mol. The van der Waals surface area contributed by atoms with E-state index in [4.69, 9.17) is 5.73 Å². The Balaban J connectivity index is 2.15. The fraction of sp³-hybridized carbons (Fsp3) is 0.167. The molecular weight excluding hydrogens is 259 g/mol. The SMILES string of the molecule is NC(c1ccc(OC(F)(F)F)cc1)c1cnccn1. The van der Waals surface area contributed by atoms with Crippen LogP contribution in [0.2, 0.25) is 0 Å². The number of rotatable bonds is 3. The van der Waals surface area contributed by atoms with Crippen LogP contribution in [0.1, 0.15) is 17.3 Å². The maximum absolute atomic E-state index is 12.0. The van der Waals surface area contributed by atoms with Crippen molar-refractivity contribution in [3.05, 3.63) is 54.1 Å². The smallest absolute Gasteiger partial charge is 0.406 e. The van der Waals surface area contributed by atoms with E-state index in [9.17, 15) is 13.2 Å². The molecule has 4 nitrogen and oxygen atoms in total. The third-order valence-corrected chi connectivity index (χ3v) is 2.37. The number of nitrogens with two attached hydrogens (primary N) is 1. The first-order valence-electron chi connectivity index (χ1n) is 5.33. The van der Waals surface area contributed by atoms with Crippen LogP contribution in [-0.2, 0) is 0 Å². The summed E-state index contributed by atoms with van der Waals surface area (Å²) in [5, 5.41) is 0. The predicted octanol–water partition coefficient (Wildman–Crippen LogP) is 2.42. The molecule has 7 heteroatoms. The van der Waals surface area contributed by atoms with Crippen LogP contribution >= 0.6 is 0 Å². The number of alkyl halides is 3. The molecule has 1 atom stereocenters. The Hall–Kier alpha value is -2.15. The summed E-state index contributed by atoms with van der Waals surface area (Å²) in [4.78, 5) is 7.92. The summed E-state index contributed by atoms with van der Waals surface area (Å²) in [5.74, 6) is -0.289. The molecule has 19 heavy (non-hydrogen) atoms. The lowest BCUT2D eigenvalue weighted by molar-refractivity contribution is -0.274. The first-order chi connectivity index (χ1) is 8.96. The second-order valence-electron chi connectivity index (χ2n) is 3.72. The molecule has 0 aliphatic rings. The van der Waals surface area contributed by atoms with Crippen molar-refractivity contribution in [2.75, 3.05) is 0 Å². The lowest BCUT2D eigenvalue weighted by atomic mass is 10.1. The second-order valence-corrected chi connectivity index (χ2v) is 3.72. The molecule has 0 aliphatic heterocycles. The highest BCUT2D eigenvalue weighted by Crippen LogP contribution is 2.25. The minimum absolute atomic E-state index is 0.289. The van der Waals surface area contributed by atoms with Crippen LogP contribution in [0, 0.1) is 0 Å². The molecule has 1 aromatic heterocycles. The van der Waals surface area contributed by atoms with E-state index >= 15 is 0 Å². The lowest BCUT2D eigenvalue weighted by Crippen LogP contribution is -2.17. The van der Waals surface area contributed by atoms with Crippen molar-refractivity contribution >= 4 is 0 Å². The van der Waals surface area contributed by atoms with Gasteiger partial charge in [0.25, 0.3) is 0 Å². The van der Waals surface area contributed by atoms with Crippen LogP contribution in [0.15, 0.2) is 42.9 Å². The highest BCUT2D eigenvalue weighted by atomic mass is 19.4. The number of halogens is 3. The number of hydrogen-bond donors (Lipinski definition) is 1. The molecule has 0 aliphatic carbocycles. The summed E-state index contributed by atoms with van der Waals surface area (Å²) >= 11 is 0. The number of aromatic nitrogens is 2. The van der Waals surface area contributed by atoms with Crippen LogP contribution in [0.25, 0.3) is 0 Å². The molecule has 2 rings (SSSR count). The molecule has 2 N–H and O–H groups in total. The number of nitrogens with zero attached hydrogens (tertiary/aromatic N) is 2. The Bertz CT molecular complexity index is 528. The standard InChI is InChI=1S/C12H10F3N3O/c13-12(14,15)19-9-3-1-8(2-4-9)11(16)10-7-17-5-6-18-10/h1-7,11H,16H2. The molecule has 1 heterocycles.